The molecule has 11 rings (SSSR count). The largest absolute Gasteiger partial charge is 0.497 e. The molecule has 490 valence electrons. The van der Waals surface area contributed by atoms with Crippen LogP contribution in [-0.2, 0) is 25.7 Å². The van der Waals surface area contributed by atoms with Gasteiger partial charge in [-0.3, -0.25) is 38.7 Å². The lowest BCUT2D eigenvalue weighted by Crippen LogP contribution is -2.60. The summed E-state index contributed by atoms with van der Waals surface area (Å²) >= 11 is 6.31. The molecule has 2 aromatic heterocycles. The van der Waals surface area contributed by atoms with Crippen molar-refractivity contribution in [1.82, 2.24) is 60.3 Å². The van der Waals surface area contributed by atoms with Gasteiger partial charge in [0.15, 0.2) is 0 Å². The summed E-state index contributed by atoms with van der Waals surface area (Å²) in [6, 6.07) is 22.3. The van der Waals surface area contributed by atoms with Crippen LogP contribution in [0, 0.1) is 11.8 Å². The minimum atomic E-state index is -1.02. The highest BCUT2D eigenvalue weighted by molar-refractivity contribution is 6.30. The Labute approximate surface area is 541 Å². The average molecular weight is 1270 g/mol. The van der Waals surface area contributed by atoms with Crippen LogP contribution in [0.15, 0.2) is 85.3 Å². The molecule has 0 spiro atoms. The van der Waals surface area contributed by atoms with Crippen LogP contribution < -0.4 is 36.1 Å². The van der Waals surface area contributed by atoms with Crippen LogP contribution in [0.1, 0.15) is 123 Å². The summed E-state index contributed by atoms with van der Waals surface area (Å²) in [7, 11) is 1.63. The third-order valence-corrected chi connectivity index (χ3v) is 20.5. The first-order valence-corrected chi connectivity index (χ1v) is 34.0. The Morgan fingerprint density at radius 2 is 1.49 bits per heavy atom. The minimum Gasteiger partial charge on any atom is -0.497 e. The molecule has 5 aliphatic heterocycles. The van der Waals surface area contributed by atoms with Gasteiger partial charge in [-0.1, -0.05) is 61.2 Å². The molecule has 1 aliphatic carbocycles. The molecule has 5 aromatic rings. The monoisotopic (exact) mass is 1270 g/mol. The van der Waals surface area contributed by atoms with Gasteiger partial charge in [-0.2, -0.15) is 0 Å². The molecule has 0 radical (unpaired) electrons. The zero-order valence-electron chi connectivity index (χ0n) is 53.4. The van der Waals surface area contributed by atoms with Crippen LogP contribution in [0.25, 0.3) is 11.0 Å². The number of aromatic amines is 1. The maximum atomic E-state index is 14.6. The van der Waals surface area contributed by atoms with Gasteiger partial charge < -0.3 is 55.7 Å². The fourth-order valence-electron chi connectivity index (χ4n) is 14.6. The second-order valence-electron chi connectivity index (χ2n) is 26.2. The number of hydrogen-bond acceptors (Lipinski definition) is 15. The van der Waals surface area contributed by atoms with E-state index in [-0.39, 0.29) is 54.0 Å². The van der Waals surface area contributed by atoms with Crippen molar-refractivity contribution in [3.8, 4) is 11.5 Å². The number of nitrogens with two attached hydrogens (primary N) is 1. The Morgan fingerprint density at radius 1 is 0.747 bits per heavy atom. The van der Waals surface area contributed by atoms with Crippen LogP contribution in [0.2, 0.25) is 5.02 Å². The van der Waals surface area contributed by atoms with Gasteiger partial charge in [0, 0.05) is 133 Å². The second-order valence-corrected chi connectivity index (χ2v) is 26.6. The molecule has 3 aromatic carbocycles. The molecule has 5 saturated heterocycles. The molecule has 0 bridgehead atoms. The van der Waals surface area contributed by atoms with Crippen molar-refractivity contribution in [2.24, 2.45) is 17.6 Å². The van der Waals surface area contributed by atoms with Crippen molar-refractivity contribution in [2.45, 2.75) is 114 Å². The lowest BCUT2D eigenvalue weighted by Gasteiger charge is -2.41. The first kappa shape index (κ1) is 65.6. The van der Waals surface area contributed by atoms with Crippen molar-refractivity contribution in [2.75, 3.05) is 136 Å². The van der Waals surface area contributed by atoms with Crippen LogP contribution in [0.4, 0.5) is 5.82 Å². The number of anilines is 1. The summed E-state index contributed by atoms with van der Waals surface area (Å²) in [6.45, 7) is 15.3. The standard InChI is InChI=1S/C69H95ClN14O7/c1-3-91-60-42-57(90-2)19-16-54(60)43-72-44-61(85)84-27-8-13-55(46-84)52-11-7-12-53(41-52)66(87)77-63(51-9-5-4-6-10-51)67(88)83-39-35-80(36-40-83)45-49-21-28-79(29-22-49)47-62(86)81-37-33-78(34-38-81)30-23-59(50-14-17-56(70)18-15-50)76-68(89)69(71)24-31-82(32-25-69)65-58-20-26-73-64(58)74-48-75-65/h7,11-12,14-20,26,41-42,48-49,51,55,59,63,72H,3-6,8-10,13,21-25,27-40,43-47,71H2,1-2H3,(H,76,89)(H,77,87)(H,73,74,75)/t55?,59-,63+/m0/s1. The Bertz CT molecular complexity index is 3240. The Balaban J connectivity index is 0.592. The number of piperidine rings is 3. The summed E-state index contributed by atoms with van der Waals surface area (Å²) in [5.41, 5.74) is 10.2. The number of nitrogens with one attached hydrogen (secondary N) is 4. The molecule has 3 atom stereocenters. The highest BCUT2D eigenvalue weighted by atomic mass is 35.5. The molecule has 6 fully saturated rings. The lowest BCUT2D eigenvalue weighted by atomic mass is 9.83. The third-order valence-electron chi connectivity index (χ3n) is 20.3. The number of methoxy groups -OCH3 is 1. The van der Waals surface area contributed by atoms with E-state index in [1.54, 1.807) is 13.4 Å². The zero-order chi connectivity index (χ0) is 63.3. The summed E-state index contributed by atoms with van der Waals surface area (Å²) in [6.07, 6.45) is 14.1. The number of benzene rings is 3. The van der Waals surface area contributed by atoms with E-state index in [1.807, 2.05) is 94.6 Å². The first-order valence-electron chi connectivity index (χ1n) is 33.6. The number of rotatable bonds is 23. The third kappa shape index (κ3) is 16.9. The first-order chi connectivity index (χ1) is 44.3. The van der Waals surface area contributed by atoms with E-state index in [0.29, 0.717) is 108 Å². The van der Waals surface area contributed by atoms with Crippen LogP contribution in [-0.4, -0.2) is 217 Å². The predicted octanol–water partition coefficient (Wildman–Crippen LogP) is 6.44. The second kappa shape index (κ2) is 31.2. The van der Waals surface area contributed by atoms with Gasteiger partial charge in [-0.25, -0.2) is 9.97 Å². The van der Waals surface area contributed by atoms with Crippen molar-refractivity contribution in [3.63, 3.8) is 0 Å². The molecule has 21 nitrogen and oxygen atoms in total. The van der Waals surface area contributed by atoms with Gasteiger partial charge in [0.1, 0.15) is 35.3 Å². The Kier molecular flexibility index (Phi) is 22.5. The molecule has 6 N–H and O–H groups in total. The van der Waals surface area contributed by atoms with E-state index in [9.17, 15) is 24.0 Å². The van der Waals surface area contributed by atoms with Crippen molar-refractivity contribution >= 4 is 58.0 Å². The van der Waals surface area contributed by atoms with E-state index in [2.05, 4.69) is 56.6 Å². The summed E-state index contributed by atoms with van der Waals surface area (Å²) in [5.74, 6) is 2.91. The topological polar surface area (TPSA) is 230 Å². The number of aromatic nitrogens is 3. The lowest BCUT2D eigenvalue weighted by molar-refractivity contribution is -0.137. The minimum absolute atomic E-state index is 0.0305. The Hall–Kier alpha value is -6.88. The molecular weight excluding hydrogens is 1170 g/mol. The van der Waals surface area contributed by atoms with Crippen LogP contribution in [0.5, 0.6) is 11.5 Å². The smallest absolute Gasteiger partial charge is 0.251 e. The number of piperazine rings is 2. The van der Waals surface area contributed by atoms with Gasteiger partial charge >= 0.3 is 0 Å². The molecule has 1 saturated carbocycles. The number of halogens is 1. The van der Waals surface area contributed by atoms with Gasteiger partial charge in [0.25, 0.3) is 5.91 Å². The highest BCUT2D eigenvalue weighted by Crippen LogP contribution is 2.33. The average Bonchev–Trinajstić information content (AvgIpc) is 2.18. The molecule has 7 heterocycles. The van der Waals surface area contributed by atoms with Gasteiger partial charge in [-0.05, 0) is 137 Å². The number of carbonyl (C=O) groups is 5. The Morgan fingerprint density at radius 3 is 2.24 bits per heavy atom. The highest BCUT2D eigenvalue weighted by Gasteiger charge is 2.41. The number of carbonyl (C=O) groups excluding carboxylic acids is 5. The van der Waals surface area contributed by atoms with Gasteiger partial charge in [-0.15, -0.1) is 0 Å². The van der Waals surface area contributed by atoms with Crippen molar-refractivity contribution in [1.29, 1.82) is 0 Å². The number of fused-ring (bicyclic) bond motifs is 1. The number of amides is 5. The maximum absolute atomic E-state index is 14.6. The normalized spacial score (nSPS) is 20.7. The fraction of sp³-hybridized carbons (Fsp3) is 0.580. The summed E-state index contributed by atoms with van der Waals surface area (Å²) in [5, 5.41) is 11.5. The van der Waals surface area contributed by atoms with Gasteiger partial charge in [0.05, 0.1) is 43.8 Å². The van der Waals surface area contributed by atoms with E-state index >= 15 is 0 Å². The van der Waals surface area contributed by atoms with Crippen molar-refractivity contribution in [3.05, 3.63) is 113 Å². The van der Waals surface area contributed by atoms with Gasteiger partial charge in [0.2, 0.25) is 23.6 Å². The van der Waals surface area contributed by atoms with E-state index < -0.39 is 11.6 Å². The molecule has 91 heavy (non-hydrogen) atoms. The van der Waals surface area contributed by atoms with Crippen LogP contribution in [0.3, 0.4) is 0 Å². The number of likely N-dealkylation sites (tertiary alicyclic amines) is 2. The molecule has 5 amide bonds. The summed E-state index contributed by atoms with van der Waals surface area (Å²) in [4.78, 5) is 97.5. The molecule has 6 aliphatic rings. The number of nitrogens with zero attached hydrogens (tertiary/aromatic N) is 9. The van der Waals surface area contributed by atoms with Crippen molar-refractivity contribution < 1.29 is 33.4 Å². The molecule has 1 unspecified atom stereocenters. The SMILES string of the molecule is CCOc1cc(OC)ccc1CNCC(=O)N1CCCC(c2cccc(C(=O)N[C@@H](C(=O)N3CCN(CC4CCN(CC(=O)N5CCN(CC[C@H](NC(=O)C6(N)CCN(c7ncnc8[nH]ccc78)CC6)c6ccc(Cl)cc6)CC5)CC4)CC3)C3CCCCC3)c2)C1. The maximum Gasteiger partial charge on any atom is 0.251 e. The van der Waals surface area contributed by atoms with E-state index in [0.717, 1.165) is 155 Å². The fourth-order valence-corrected chi connectivity index (χ4v) is 14.8. The van der Waals surface area contributed by atoms with E-state index in [4.69, 9.17) is 26.8 Å². The quantitative estimate of drug-likeness (QED) is 0.0474. The molecular formula is C69H95ClN14O7. The summed E-state index contributed by atoms with van der Waals surface area (Å²) < 4.78 is 11.2. The predicted molar refractivity (Wildman–Crippen MR) is 353 cm³/mol. The van der Waals surface area contributed by atoms with E-state index in [1.165, 1.54) is 0 Å². The zero-order valence-corrected chi connectivity index (χ0v) is 54.2. The van der Waals surface area contributed by atoms with Crippen LogP contribution >= 0.6 is 11.6 Å². The number of hydrogen-bond donors (Lipinski definition) is 5. The number of H-pyrrole nitrogens is 1. The molecule has 22 heteroatoms. The number of ether oxygens (including phenoxy) is 2.